The molecule has 0 radical (unpaired) electrons. The number of carbonyl (C=O) groups is 2. The third-order valence-electron chi connectivity index (χ3n) is 9.76. The highest BCUT2D eigenvalue weighted by atomic mass is 35.5. The fourth-order valence-corrected chi connectivity index (χ4v) is 7.76. The molecule has 0 aromatic heterocycles. The molecule has 1 saturated heterocycles. The monoisotopic (exact) mass is 516 g/mol. The van der Waals surface area contributed by atoms with Gasteiger partial charge in [-0.3, -0.25) is 9.59 Å². The standard InChI is InChI=1S/C26H39Cl2FN2O3/c27-19-3-1-17(2-4-19)18-14-31(15-18)24(33)25-7-10-26(11-8-25,12-9-25)30-23(32)16-34-20-5-6-21(28)22(29)13-20/h17-22H,1-16H2,(H,30,32). The maximum absolute atomic E-state index is 13.8. The summed E-state index contributed by atoms with van der Waals surface area (Å²) in [5.74, 6) is 1.62. The van der Waals surface area contributed by atoms with Crippen LogP contribution >= 0.6 is 23.2 Å². The molecule has 6 rings (SSSR count). The normalized spacial score (nSPS) is 42.8. The van der Waals surface area contributed by atoms with E-state index in [9.17, 15) is 14.0 Å². The molecule has 5 saturated carbocycles. The van der Waals surface area contributed by atoms with E-state index in [0.717, 1.165) is 70.4 Å². The number of hydrogen-bond acceptors (Lipinski definition) is 3. The minimum absolute atomic E-state index is 0.0308. The summed E-state index contributed by atoms with van der Waals surface area (Å²) in [6.45, 7) is 1.81. The predicted octanol–water partition coefficient (Wildman–Crippen LogP) is 4.97. The second kappa shape index (κ2) is 10.0. The van der Waals surface area contributed by atoms with Crippen LogP contribution in [-0.4, -0.2) is 65.0 Å². The first kappa shape index (κ1) is 25.1. The van der Waals surface area contributed by atoms with Gasteiger partial charge in [0.15, 0.2) is 0 Å². The lowest BCUT2D eigenvalue weighted by molar-refractivity contribution is -0.159. The zero-order chi connectivity index (χ0) is 23.9. The topological polar surface area (TPSA) is 58.6 Å². The Hall–Kier alpha value is -0.590. The molecular weight excluding hydrogens is 478 g/mol. The molecule has 1 aliphatic heterocycles. The second-order valence-electron chi connectivity index (χ2n) is 11.9. The van der Waals surface area contributed by atoms with Crippen LogP contribution in [0.5, 0.6) is 0 Å². The van der Waals surface area contributed by atoms with Gasteiger partial charge < -0.3 is 15.0 Å². The first-order valence-corrected chi connectivity index (χ1v) is 14.3. The van der Waals surface area contributed by atoms with Gasteiger partial charge in [0.05, 0.1) is 11.5 Å². The zero-order valence-electron chi connectivity index (χ0n) is 20.1. The van der Waals surface area contributed by atoms with Crippen LogP contribution in [0.2, 0.25) is 0 Å². The molecule has 0 aromatic rings. The van der Waals surface area contributed by atoms with E-state index in [2.05, 4.69) is 10.2 Å². The SMILES string of the molecule is O=C(COC1CCC(Cl)C(F)C1)NC12CCC(C(=O)N3CC(C4CCC(Cl)CC4)C3)(CC1)CC2. The van der Waals surface area contributed by atoms with Crippen LogP contribution in [0.1, 0.15) is 83.5 Å². The summed E-state index contributed by atoms with van der Waals surface area (Å²) in [5, 5.41) is 3.14. The average Bonchev–Trinajstić information content (AvgIpc) is 2.81. The molecule has 5 aliphatic carbocycles. The van der Waals surface area contributed by atoms with Crippen molar-refractivity contribution in [2.45, 2.75) is 112 Å². The molecule has 6 fully saturated rings. The van der Waals surface area contributed by atoms with Crippen LogP contribution in [-0.2, 0) is 14.3 Å². The van der Waals surface area contributed by atoms with Gasteiger partial charge in [0.1, 0.15) is 12.8 Å². The molecule has 1 heterocycles. The van der Waals surface area contributed by atoms with Crippen LogP contribution in [0.15, 0.2) is 0 Å². The fraction of sp³-hybridized carbons (Fsp3) is 0.923. The number of halogens is 3. The number of rotatable bonds is 6. The summed E-state index contributed by atoms with van der Waals surface area (Å²) >= 11 is 12.2. The van der Waals surface area contributed by atoms with Gasteiger partial charge in [-0.15, -0.1) is 23.2 Å². The number of ether oxygens (including phenoxy) is 1. The van der Waals surface area contributed by atoms with Crippen LogP contribution in [0.25, 0.3) is 0 Å². The summed E-state index contributed by atoms with van der Waals surface area (Å²) in [4.78, 5) is 28.2. The van der Waals surface area contributed by atoms with Gasteiger partial charge in [-0.05, 0) is 88.9 Å². The minimum atomic E-state index is -1.06. The summed E-state index contributed by atoms with van der Waals surface area (Å²) in [6, 6.07) is 0. The maximum Gasteiger partial charge on any atom is 0.246 e. The van der Waals surface area contributed by atoms with Crippen molar-refractivity contribution in [3.05, 3.63) is 0 Å². The predicted molar refractivity (Wildman–Crippen MR) is 131 cm³/mol. The number of nitrogens with one attached hydrogen (secondary N) is 1. The van der Waals surface area contributed by atoms with Crippen molar-refractivity contribution >= 4 is 35.0 Å². The molecule has 34 heavy (non-hydrogen) atoms. The lowest BCUT2D eigenvalue weighted by atomic mass is 9.56. The van der Waals surface area contributed by atoms with E-state index in [-0.39, 0.29) is 36.0 Å². The van der Waals surface area contributed by atoms with Crippen LogP contribution in [0.4, 0.5) is 4.39 Å². The van der Waals surface area contributed by atoms with Crippen molar-refractivity contribution in [3.8, 4) is 0 Å². The van der Waals surface area contributed by atoms with Gasteiger partial charge in [0.2, 0.25) is 11.8 Å². The van der Waals surface area contributed by atoms with E-state index >= 15 is 0 Å². The number of carbonyl (C=O) groups excluding carboxylic acids is 2. The van der Waals surface area contributed by atoms with Gasteiger partial charge >= 0.3 is 0 Å². The highest BCUT2D eigenvalue weighted by molar-refractivity contribution is 6.21. The highest BCUT2D eigenvalue weighted by Crippen LogP contribution is 2.54. The highest BCUT2D eigenvalue weighted by Gasteiger charge is 2.55. The van der Waals surface area contributed by atoms with Gasteiger partial charge in [-0.1, -0.05) is 0 Å². The Morgan fingerprint density at radius 3 is 2.18 bits per heavy atom. The van der Waals surface area contributed by atoms with Gasteiger partial charge in [-0.25, -0.2) is 4.39 Å². The molecule has 5 nitrogen and oxygen atoms in total. The number of likely N-dealkylation sites (tertiary alicyclic amines) is 1. The molecule has 2 bridgehead atoms. The third-order valence-corrected chi connectivity index (χ3v) is 10.7. The van der Waals surface area contributed by atoms with E-state index in [1.807, 2.05) is 0 Å². The van der Waals surface area contributed by atoms with Crippen molar-refractivity contribution in [2.24, 2.45) is 17.3 Å². The second-order valence-corrected chi connectivity index (χ2v) is 13.0. The van der Waals surface area contributed by atoms with Crippen molar-refractivity contribution in [1.82, 2.24) is 10.2 Å². The summed E-state index contributed by atoms with van der Waals surface area (Å²) in [5.41, 5.74) is -0.436. The first-order valence-electron chi connectivity index (χ1n) is 13.4. The van der Waals surface area contributed by atoms with E-state index in [1.165, 1.54) is 12.8 Å². The Bertz CT molecular complexity index is 745. The molecule has 6 aliphatic rings. The van der Waals surface area contributed by atoms with E-state index < -0.39 is 11.5 Å². The molecule has 192 valence electrons. The molecule has 2 amide bonds. The zero-order valence-corrected chi connectivity index (χ0v) is 21.6. The van der Waals surface area contributed by atoms with Crippen molar-refractivity contribution in [2.75, 3.05) is 19.7 Å². The number of fused-ring (bicyclic) bond motifs is 3. The number of amides is 2. The third kappa shape index (κ3) is 5.11. The van der Waals surface area contributed by atoms with Gasteiger partial charge in [0, 0.05) is 35.8 Å². The smallest absolute Gasteiger partial charge is 0.246 e. The Kier molecular flexibility index (Phi) is 7.41. The number of nitrogens with zero attached hydrogens (tertiary/aromatic N) is 1. The summed E-state index contributed by atoms with van der Waals surface area (Å²) < 4.78 is 19.5. The van der Waals surface area contributed by atoms with Crippen molar-refractivity contribution < 1.29 is 18.7 Å². The molecule has 8 heteroatoms. The first-order chi connectivity index (χ1) is 16.3. The van der Waals surface area contributed by atoms with E-state index in [1.54, 1.807) is 0 Å². The fourth-order valence-electron chi connectivity index (χ4n) is 7.28. The molecular formula is C26H39Cl2FN2O3. The minimum Gasteiger partial charge on any atom is -0.368 e. The number of alkyl halides is 3. The Labute approximate surface area is 212 Å². The summed E-state index contributed by atoms with van der Waals surface area (Å²) in [6.07, 6.45) is 10.0. The molecule has 3 unspecified atom stereocenters. The van der Waals surface area contributed by atoms with Crippen LogP contribution < -0.4 is 5.32 Å². The van der Waals surface area contributed by atoms with Crippen LogP contribution in [0, 0.1) is 17.3 Å². The quantitative estimate of drug-likeness (QED) is 0.507. The lowest BCUT2D eigenvalue weighted by Crippen LogP contribution is -2.63. The molecule has 0 spiro atoms. The Morgan fingerprint density at radius 2 is 1.56 bits per heavy atom. The van der Waals surface area contributed by atoms with Crippen molar-refractivity contribution in [3.63, 3.8) is 0 Å². The lowest BCUT2D eigenvalue weighted by Gasteiger charge is -2.56. The summed E-state index contributed by atoms with van der Waals surface area (Å²) in [7, 11) is 0. The van der Waals surface area contributed by atoms with Gasteiger partial charge in [-0.2, -0.15) is 0 Å². The molecule has 0 aromatic carbocycles. The van der Waals surface area contributed by atoms with E-state index in [4.69, 9.17) is 27.9 Å². The Balaban J connectivity index is 1.06. The van der Waals surface area contributed by atoms with Crippen molar-refractivity contribution in [1.29, 1.82) is 0 Å². The maximum atomic E-state index is 13.8. The molecule has 1 N–H and O–H groups in total. The van der Waals surface area contributed by atoms with Gasteiger partial charge in [0.25, 0.3) is 0 Å². The van der Waals surface area contributed by atoms with Crippen LogP contribution in [0.3, 0.4) is 0 Å². The largest absolute Gasteiger partial charge is 0.368 e. The number of hydrogen-bond donors (Lipinski definition) is 1. The molecule has 3 atom stereocenters. The average molecular weight is 518 g/mol. The van der Waals surface area contributed by atoms with E-state index in [0.29, 0.717) is 30.0 Å². The Morgan fingerprint density at radius 1 is 0.912 bits per heavy atom.